The molecule has 1 aromatic carbocycles. The lowest BCUT2D eigenvalue weighted by molar-refractivity contribution is 0.0953. The highest BCUT2D eigenvalue weighted by Crippen LogP contribution is 2.17. The predicted octanol–water partition coefficient (Wildman–Crippen LogP) is 0.475. The van der Waals surface area contributed by atoms with Crippen molar-refractivity contribution in [2.45, 2.75) is 6.92 Å². The molecule has 0 saturated carbocycles. The number of benzene rings is 1. The fourth-order valence-electron chi connectivity index (χ4n) is 1.28. The Bertz CT molecular complexity index is 522. The number of amides is 1. The smallest absolute Gasteiger partial charge is 0.255 e. The van der Waals surface area contributed by atoms with Gasteiger partial charge in [0.1, 0.15) is 15.6 Å². The molecule has 0 saturated heterocycles. The molecule has 1 aromatic rings. The Morgan fingerprint density at radius 1 is 1.41 bits per heavy atom. The zero-order chi connectivity index (χ0) is 13.1. The van der Waals surface area contributed by atoms with E-state index in [2.05, 4.69) is 5.32 Å². The molecule has 0 aliphatic heterocycles. The number of sulfone groups is 1. The lowest BCUT2D eigenvalue weighted by Crippen LogP contribution is -2.28. The van der Waals surface area contributed by atoms with Gasteiger partial charge in [-0.2, -0.15) is 0 Å². The normalized spacial score (nSPS) is 11.2. The number of phenols is 1. The average molecular weight is 257 g/mol. The Morgan fingerprint density at radius 2 is 2.06 bits per heavy atom. The van der Waals surface area contributed by atoms with E-state index in [0.29, 0.717) is 0 Å². The van der Waals surface area contributed by atoms with E-state index in [1.165, 1.54) is 12.1 Å². The van der Waals surface area contributed by atoms with Crippen LogP contribution in [-0.4, -0.2) is 38.0 Å². The Kier molecular flexibility index (Phi) is 4.11. The van der Waals surface area contributed by atoms with E-state index in [0.717, 1.165) is 11.8 Å². The molecular formula is C11H15NO4S. The maximum absolute atomic E-state index is 11.6. The summed E-state index contributed by atoms with van der Waals surface area (Å²) >= 11 is 0. The molecule has 1 amide bonds. The number of phenolic OH excluding ortho intramolecular Hbond substituents is 1. The van der Waals surface area contributed by atoms with Crippen molar-refractivity contribution in [1.29, 1.82) is 0 Å². The van der Waals surface area contributed by atoms with Crippen LogP contribution in [0.15, 0.2) is 18.2 Å². The van der Waals surface area contributed by atoms with Gasteiger partial charge in [0.2, 0.25) is 0 Å². The van der Waals surface area contributed by atoms with Crippen LogP contribution in [0.2, 0.25) is 0 Å². The molecule has 0 aromatic heterocycles. The van der Waals surface area contributed by atoms with Crippen molar-refractivity contribution in [3.8, 4) is 5.75 Å². The lowest BCUT2D eigenvalue weighted by atomic mass is 10.1. The third-order valence-corrected chi connectivity index (χ3v) is 3.10. The number of aryl methyl sites for hydroxylation is 1. The van der Waals surface area contributed by atoms with Gasteiger partial charge in [0.05, 0.1) is 11.3 Å². The van der Waals surface area contributed by atoms with Crippen molar-refractivity contribution in [1.82, 2.24) is 5.32 Å². The summed E-state index contributed by atoms with van der Waals surface area (Å²) in [6.07, 6.45) is 1.10. The largest absolute Gasteiger partial charge is 0.507 e. The minimum atomic E-state index is -3.10. The summed E-state index contributed by atoms with van der Waals surface area (Å²) in [5.74, 6) is -0.709. The highest BCUT2D eigenvalue weighted by Gasteiger charge is 2.11. The Balaban J connectivity index is 2.65. The summed E-state index contributed by atoms with van der Waals surface area (Å²) in [4.78, 5) is 11.6. The van der Waals surface area contributed by atoms with Crippen molar-refractivity contribution in [3.63, 3.8) is 0 Å². The van der Waals surface area contributed by atoms with Crippen LogP contribution in [0.5, 0.6) is 5.75 Å². The van der Waals surface area contributed by atoms with Crippen LogP contribution in [0.3, 0.4) is 0 Å². The molecule has 1 rings (SSSR count). The van der Waals surface area contributed by atoms with Gasteiger partial charge in [-0.3, -0.25) is 4.79 Å². The number of rotatable bonds is 4. The molecular weight excluding hydrogens is 242 g/mol. The molecule has 0 aliphatic rings. The monoisotopic (exact) mass is 257 g/mol. The molecule has 0 unspecified atom stereocenters. The molecule has 0 fully saturated rings. The highest BCUT2D eigenvalue weighted by molar-refractivity contribution is 7.90. The van der Waals surface area contributed by atoms with Crippen molar-refractivity contribution in [2.75, 3.05) is 18.6 Å². The van der Waals surface area contributed by atoms with Gasteiger partial charge in [0.25, 0.3) is 5.91 Å². The molecule has 0 radical (unpaired) electrons. The summed E-state index contributed by atoms with van der Waals surface area (Å²) in [6.45, 7) is 1.83. The van der Waals surface area contributed by atoms with E-state index in [4.69, 9.17) is 0 Å². The first-order chi connectivity index (χ1) is 7.79. The van der Waals surface area contributed by atoms with E-state index < -0.39 is 15.7 Å². The Morgan fingerprint density at radius 3 is 2.59 bits per heavy atom. The van der Waals surface area contributed by atoms with E-state index in [1.54, 1.807) is 13.0 Å². The number of nitrogens with one attached hydrogen (secondary N) is 1. The van der Waals surface area contributed by atoms with Gasteiger partial charge in [-0.05, 0) is 24.6 Å². The number of aromatic hydroxyl groups is 1. The van der Waals surface area contributed by atoms with E-state index in [-0.39, 0.29) is 23.6 Å². The topological polar surface area (TPSA) is 83.5 Å². The van der Waals surface area contributed by atoms with Crippen LogP contribution in [0.1, 0.15) is 15.9 Å². The molecule has 5 nitrogen and oxygen atoms in total. The van der Waals surface area contributed by atoms with Crippen LogP contribution in [-0.2, 0) is 9.84 Å². The lowest BCUT2D eigenvalue weighted by Gasteiger charge is -2.06. The second kappa shape index (κ2) is 5.18. The number of hydrogen-bond donors (Lipinski definition) is 2. The van der Waals surface area contributed by atoms with Crippen LogP contribution >= 0.6 is 0 Å². The number of carbonyl (C=O) groups is 1. The van der Waals surface area contributed by atoms with Crippen molar-refractivity contribution in [3.05, 3.63) is 29.3 Å². The first kappa shape index (κ1) is 13.5. The van der Waals surface area contributed by atoms with Gasteiger partial charge >= 0.3 is 0 Å². The van der Waals surface area contributed by atoms with Gasteiger partial charge < -0.3 is 10.4 Å². The van der Waals surface area contributed by atoms with Crippen molar-refractivity contribution in [2.24, 2.45) is 0 Å². The van der Waals surface area contributed by atoms with Gasteiger partial charge in [-0.15, -0.1) is 0 Å². The van der Waals surface area contributed by atoms with Crippen molar-refractivity contribution >= 4 is 15.7 Å². The summed E-state index contributed by atoms with van der Waals surface area (Å²) in [7, 11) is -3.10. The fourth-order valence-corrected chi connectivity index (χ4v) is 1.75. The molecule has 0 spiro atoms. The second-order valence-electron chi connectivity index (χ2n) is 3.91. The second-order valence-corrected chi connectivity index (χ2v) is 6.17. The summed E-state index contributed by atoms with van der Waals surface area (Å²) < 4.78 is 21.7. The van der Waals surface area contributed by atoms with Crippen molar-refractivity contribution < 1.29 is 18.3 Å². The van der Waals surface area contributed by atoms with Crippen LogP contribution in [0.25, 0.3) is 0 Å². The number of hydrogen-bond acceptors (Lipinski definition) is 4. The van der Waals surface area contributed by atoms with E-state index in [9.17, 15) is 18.3 Å². The minimum Gasteiger partial charge on any atom is -0.507 e. The predicted molar refractivity (Wildman–Crippen MR) is 64.9 cm³/mol. The summed E-state index contributed by atoms with van der Waals surface area (Å²) in [6, 6.07) is 4.68. The van der Waals surface area contributed by atoms with Gasteiger partial charge in [0.15, 0.2) is 0 Å². The molecule has 0 bridgehead atoms. The number of carbonyl (C=O) groups excluding carboxylic acids is 1. The molecule has 17 heavy (non-hydrogen) atoms. The van der Waals surface area contributed by atoms with Gasteiger partial charge in [-0.25, -0.2) is 8.42 Å². The molecule has 94 valence electrons. The van der Waals surface area contributed by atoms with Crippen LogP contribution in [0, 0.1) is 6.92 Å². The SMILES string of the molecule is Cc1ccc(C(=O)NCCS(C)(=O)=O)c(O)c1. The third-order valence-electron chi connectivity index (χ3n) is 2.16. The van der Waals surface area contributed by atoms with Crippen LogP contribution < -0.4 is 5.32 Å². The maximum Gasteiger partial charge on any atom is 0.255 e. The average Bonchev–Trinajstić information content (AvgIpc) is 2.15. The van der Waals surface area contributed by atoms with Crippen LogP contribution in [0.4, 0.5) is 0 Å². The maximum atomic E-state index is 11.6. The zero-order valence-corrected chi connectivity index (χ0v) is 10.5. The molecule has 0 aliphatic carbocycles. The van der Waals surface area contributed by atoms with E-state index in [1.807, 2.05) is 0 Å². The fraction of sp³-hybridized carbons (Fsp3) is 0.364. The van der Waals surface area contributed by atoms with Gasteiger partial charge in [-0.1, -0.05) is 6.07 Å². The Hall–Kier alpha value is -1.56. The first-order valence-corrected chi connectivity index (χ1v) is 7.11. The van der Waals surface area contributed by atoms with Gasteiger partial charge in [0, 0.05) is 12.8 Å². The highest BCUT2D eigenvalue weighted by atomic mass is 32.2. The zero-order valence-electron chi connectivity index (χ0n) is 9.73. The molecule has 0 heterocycles. The van der Waals surface area contributed by atoms with E-state index >= 15 is 0 Å². The quantitative estimate of drug-likeness (QED) is 0.821. The molecule has 6 heteroatoms. The standard InChI is InChI=1S/C11H15NO4S/c1-8-3-4-9(10(13)7-8)11(14)12-5-6-17(2,15)16/h3-4,7,13H,5-6H2,1-2H3,(H,12,14). The Labute approximate surface area is 100 Å². The molecule has 0 atom stereocenters. The minimum absolute atomic E-state index is 0.0327. The summed E-state index contributed by atoms with van der Waals surface area (Å²) in [5, 5.41) is 12.0. The first-order valence-electron chi connectivity index (χ1n) is 5.05. The molecule has 2 N–H and O–H groups in total. The summed E-state index contributed by atoms with van der Waals surface area (Å²) in [5.41, 5.74) is 0.985. The third kappa shape index (κ3) is 4.44.